The molecule has 2 fully saturated rings. The van der Waals surface area contributed by atoms with Crippen LogP contribution in [0.2, 0.25) is 0 Å². The van der Waals surface area contributed by atoms with Crippen molar-refractivity contribution in [3.05, 3.63) is 51.2 Å². The third kappa shape index (κ3) is 3.47. The largest absolute Gasteiger partial charge is 0.496 e. The Labute approximate surface area is 188 Å². The molecule has 2 N–H and O–H groups in total. The lowest BCUT2D eigenvalue weighted by molar-refractivity contribution is 0.0693. The van der Waals surface area contributed by atoms with Crippen molar-refractivity contribution in [3.63, 3.8) is 0 Å². The molecular weight excluding hydrogens is 408 g/mol. The number of methoxy groups -OCH3 is 1. The fourth-order valence-corrected chi connectivity index (χ4v) is 5.86. The SMILES string of the molecule is COCCCOC1=CC2=C(NC1C1CC1)c1cc(=O)c(C(=O)O)cn1[C@H]1[C@@H]2CCC1(C)C. The van der Waals surface area contributed by atoms with E-state index in [1.807, 2.05) is 0 Å². The van der Waals surface area contributed by atoms with E-state index in [4.69, 9.17) is 9.47 Å². The molecule has 2 aliphatic heterocycles. The van der Waals surface area contributed by atoms with Gasteiger partial charge in [0.1, 0.15) is 11.3 Å². The first-order chi connectivity index (χ1) is 15.3. The second kappa shape index (κ2) is 7.80. The van der Waals surface area contributed by atoms with Crippen LogP contribution in [0.4, 0.5) is 0 Å². The number of fused-ring (bicyclic) bond motifs is 5. The zero-order valence-corrected chi connectivity index (χ0v) is 19.0. The van der Waals surface area contributed by atoms with Gasteiger partial charge in [0.25, 0.3) is 0 Å². The zero-order chi connectivity index (χ0) is 22.6. The summed E-state index contributed by atoms with van der Waals surface area (Å²) in [5, 5.41) is 13.3. The smallest absolute Gasteiger partial charge is 0.341 e. The van der Waals surface area contributed by atoms with Gasteiger partial charge in [0.15, 0.2) is 5.43 Å². The van der Waals surface area contributed by atoms with E-state index in [-0.39, 0.29) is 29.0 Å². The number of nitrogens with one attached hydrogen (secondary N) is 1. The summed E-state index contributed by atoms with van der Waals surface area (Å²) in [5.74, 6) is 0.594. The Morgan fingerprint density at radius 3 is 2.75 bits per heavy atom. The number of hydrogen-bond donors (Lipinski definition) is 2. The average Bonchev–Trinajstić information content (AvgIpc) is 3.54. The van der Waals surface area contributed by atoms with Gasteiger partial charge in [-0.2, -0.15) is 0 Å². The maximum Gasteiger partial charge on any atom is 0.341 e. The number of carbonyl (C=O) groups is 1. The summed E-state index contributed by atoms with van der Waals surface area (Å²) in [4.78, 5) is 24.4. The van der Waals surface area contributed by atoms with Crippen LogP contribution in [-0.4, -0.2) is 42.0 Å². The Hall–Kier alpha value is -2.54. The molecule has 0 radical (unpaired) electrons. The zero-order valence-electron chi connectivity index (χ0n) is 19.0. The molecule has 0 amide bonds. The fraction of sp³-hybridized carbons (Fsp3) is 0.600. The minimum absolute atomic E-state index is 0.0105. The molecule has 0 bridgehead atoms. The van der Waals surface area contributed by atoms with Crippen LogP contribution in [0.1, 0.15) is 68.0 Å². The second-order valence-electron chi connectivity index (χ2n) is 10.3. The number of ether oxygens (including phenoxy) is 2. The van der Waals surface area contributed by atoms with Crippen molar-refractivity contribution in [1.29, 1.82) is 0 Å². The fourth-order valence-electron chi connectivity index (χ4n) is 5.86. The lowest BCUT2D eigenvalue weighted by atomic mass is 9.77. The maximum atomic E-state index is 12.7. The molecule has 1 aromatic heterocycles. The van der Waals surface area contributed by atoms with Crippen LogP contribution in [0, 0.1) is 17.3 Å². The molecular formula is C25H32N2O5. The summed E-state index contributed by atoms with van der Waals surface area (Å²) in [7, 11) is 1.70. The van der Waals surface area contributed by atoms with Gasteiger partial charge in [-0.3, -0.25) is 4.79 Å². The number of carboxylic acid groups (broad SMARTS) is 1. The molecule has 2 saturated carbocycles. The maximum absolute atomic E-state index is 12.7. The predicted octanol–water partition coefficient (Wildman–Crippen LogP) is 3.57. The van der Waals surface area contributed by atoms with Crippen molar-refractivity contribution in [2.45, 2.75) is 58.0 Å². The van der Waals surface area contributed by atoms with Gasteiger partial charge >= 0.3 is 5.97 Å². The molecule has 172 valence electrons. The molecule has 0 spiro atoms. The van der Waals surface area contributed by atoms with Crippen molar-refractivity contribution in [2.75, 3.05) is 20.3 Å². The Balaban J connectivity index is 1.62. The van der Waals surface area contributed by atoms with Gasteiger partial charge < -0.3 is 24.5 Å². The first-order valence-electron chi connectivity index (χ1n) is 11.7. The van der Waals surface area contributed by atoms with Gasteiger partial charge in [-0.1, -0.05) is 13.8 Å². The third-order valence-electron chi connectivity index (χ3n) is 7.59. The van der Waals surface area contributed by atoms with Gasteiger partial charge in [-0.25, -0.2) is 4.79 Å². The van der Waals surface area contributed by atoms with Gasteiger partial charge in [-0.15, -0.1) is 0 Å². The standard InChI is InChI=1S/C25H32N2O5/c1-25(2)8-7-15-16-11-20(32-10-4-9-31-3)21(14-5-6-14)26-22(16)18-12-19(28)17(24(29)30)13-27(18)23(15)25/h11-15,21,23,26H,4-10H2,1-3H3,(H,29,30)/t15-,21?,23+/m1/s1. The average molecular weight is 441 g/mol. The van der Waals surface area contributed by atoms with E-state index < -0.39 is 11.4 Å². The molecule has 4 aliphatic rings. The first kappa shape index (κ1) is 21.3. The van der Waals surface area contributed by atoms with E-state index in [2.05, 4.69) is 29.8 Å². The highest BCUT2D eigenvalue weighted by Gasteiger charge is 2.50. The second-order valence-corrected chi connectivity index (χ2v) is 10.3. The van der Waals surface area contributed by atoms with Crippen LogP contribution in [-0.2, 0) is 9.47 Å². The number of aromatic nitrogens is 1. The van der Waals surface area contributed by atoms with Gasteiger partial charge in [-0.05, 0) is 48.7 Å². The van der Waals surface area contributed by atoms with Crippen LogP contribution in [0.25, 0.3) is 5.70 Å². The number of aromatic carboxylic acids is 1. The number of pyridine rings is 1. The highest BCUT2D eigenvalue weighted by atomic mass is 16.5. The molecule has 32 heavy (non-hydrogen) atoms. The molecule has 7 heteroatoms. The number of allylic oxidation sites excluding steroid dienone is 2. The molecule has 3 heterocycles. The van der Waals surface area contributed by atoms with Crippen molar-refractivity contribution < 1.29 is 19.4 Å². The van der Waals surface area contributed by atoms with Gasteiger partial charge in [0.05, 0.1) is 24.0 Å². The number of nitrogens with zero attached hydrogens (tertiary/aromatic N) is 1. The van der Waals surface area contributed by atoms with Gasteiger partial charge in [0.2, 0.25) is 0 Å². The van der Waals surface area contributed by atoms with Crippen molar-refractivity contribution >= 4 is 11.7 Å². The van der Waals surface area contributed by atoms with Crippen LogP contribution >= 0.6 is 0 Å². The van der Waals surface area contributed by atoms with Crippen LogP contribution < -0.4 is 10.7 Å². The lowest BCUT2D eigenvalue weighted by Crippen LogP contribution is -2.43. The third-order valence-corrected chi connectivity index (χ3v) is 7.59. The Morgan fingerprint density at radius 2 is 2.06 bits per heavy atom. The first-order valence-corrected chi connectivity index (χ1v) is 11.7. The van der Waals surface area contributed by atoms with Crippen molar-refractivity contribution in [3.8, 4) is 0 Å². The summed E-state index contributed by atoms with van der Waals surface area (Å²) < 4.78 is 13.5. The topological polar surface area (TPSA) is 89.8 Å². The van der Waals surface area contributed by atoms with Gasteiger partial charge in [0, 0.05) is 44.4 Å². The van der Waals surface area contributed by atoms with Crippen LogP contribution in [0.5, 0.6) is 0 Å². The quantitative estimate of drug-likeness (QED) is 0.630. The van der Waals surface area contributed by atoms with E-state index in [9.17, 15) is 14.7 Å². The van der Waals surface area contributed by atoms with Crippen molar-refractivity contribution in [2.24, 2.45) is 17.3 Å². The minimum Gasteiger partial charge on any atom is -0.496 e. The molecule has 2 aliphatic carbocycles. The summed E-state index contributed by atoms with van der Waals surface area (Å²) in [5.41, 5.74) is 2.35. The number of rotatable bonds is 7. The Morgan fingerprint density at radius 1 is 1.28 bits per heavy atom. The summed E-state index contributed by atoms with van der Waals surface area (Å²) >= 11 is 0. The summed E-state index contributed by atoms with van der Waals surface area (Å²) in [6.07, 6.45) is 9.01. The van der Waals surface area contributed by atoms with E-state index in [0.29, 0.717) is 19.1 Å². The van der Waals surface area contributed by atoms with Crippen LogP contribution in [0.3, 0.4) is 0 Å². The van der Waals surface area contributed by atoms with E-state index >= 15 is 0 Å². The molecule has 5 rings (SSSR count). The molecule has 1 unspecified atom stereocenters. The lowest BCUT2D eigenvalue weighted by Gasteiger charge is -2.43. The predicted molar refractivity (Wildman–Crippen MR) is 120 cm³/mol. The minimum atomic E-state index is -1.17. The highest BCUT2D eigenvalue weighted by Crippen LogP contribution is 2.57. The molecule has 0 aromatic carbocycles. The number of carboxylic acids is 1. The Bertz CT molecular complexity index is 1060. The van der Waals surface area contributed by atoms with E-state index in [1.165, 1.54) is 11.6 Å². The molecule has 1 aromatic rings. The van der Waals surface area contributed by atoms with E-state index in [0.717, 1.165) is 49.3 Å². The summed E-state index contributed by atoms with van der Waals surface area (Å²) in [6.45, 7) is 5.76. The number of hydrogen-bond acceptors (Lipinski definition) is 5. The highest BCUT2D eigenvalue weighted by molar-refractivity contribution is 5.87. The normalized spacial score (nSPS) is 27.7. The number of dihydropyridines is 1. The van der Waals surface area contributed by atoms with Crippen molar-refractivity contribution in [1.82, 2.24) is 9.88 Å². The molecule has 3 atom stereocenters. The monoisotopic (exact) mass is 440 g/mol. The molecule has 0 saturated heterocycles. The summed E-state index contributed by atoms with van der Waals surface area (Å²) in [6, 6.07) is 1.70. The Kier molecular flexibility index (Phi) is 5.19. The van der Waals surface area contributed by atoms with E-state index in [1.54, 1.807) is 13.3 Å². The molecule has 7 nitrogen and oxygen atoms in total. The van der Waals surface area contributed by atoms with Crippen LogP contribution in [0.15, 0.2) is 34.5 Å².